The molecule has 8 nitrogen and oxygen atoms in total. The van der Waals surface area contributed by atoms with Gasteiger partial charge in [-0.2, -0.15) is 13.2 Å². The van der Waals surface area contributed by atoms with E-state index in [1.807, 2.05) is 0 Å². The molecule has 0 unspecified atom stereocenters. The van der Waals surface area contributed by atoms with Crippen LogP contribution in [0.25, 0.3) is 0 Å². The standard InChI is InChI=1S/C17H19ClF3N7O/c18-15-5-12(17(19,20)21)2-1-11(15)6-22-13-7-27(8-13)16(29)26-4-3-14(9-26)28-10-23-24-25-28/h1-2,5,10,13-14,22H,3-4,6-9H2/t14-/m0/s1. The molecule has 2 aromatic rings. The van der Waals surface area contributed by atoms with Crippen LogP contribution in [0.5, 0.6) is 0 Å². The molecular weight excluding hydrogens is 411 g/mol. The molecular formula is C17H19ClF3N7O. The van der Waals surface area contributed by atoms with Crippen LogP contribution in [0.3, 0.4) is 0 Å². The van der Waals surface area contributed by atoms with Crippen molar-refractivity contribution in [2.24, 2.45) is 0 Å². The summed E-state index contributed by atoms with van der Waals surface area (Å²) in [5.74, 6) is 0. The summed E-state index contributed by atoms with van der Waals surface area (Å²) >= 11 is 5.97. The minimum absolute atomic E-state index is 0.0220. The van der Waals surface area contributed by atoms with Gasteiger partial charge in [0.25, 0.3) is 0 Å². The number of urea groups is 1. The van der Waals surface area contributed by atoms with Gasteiger partial charge in [0.05, 0.1) is 11.6 Å². The van der Waals surface area contributed by atoms with Crippen molar-refractivity contribution in [3.05, 3.63) is 40.7 Å². The monoisotopic (exact) mass is 429 g/mol. The zero-order valence-corrected chi connectivity index (χ0v) is 16.1. The molecule has 4 rings (SSSR count). The molecule has 1 aromatic heterocycles. The highest BCUT2D eigenvalue weighted by atomic mass is 35.5. The van der Waals surface area contributed by atoms with Crippen LogP contribution in [0.4, 0.5) is 18.0 Å². The van der Waals surface area contributed by atoms with E-state index in [1.165, 1.54) is 6.07 Å². The van der Waals surface area contributed by atoms with Gasteiger partial charge in [-0.05, 0) is 34.5 Å². The number of carbonyl (C=O) groups is 1. The number of nitrogens with one attached hydrogen (secondary N) is 1. The van der Waals surface area contributed by atoms with Crippen LogP contribution < -0.4 is 5.32 Å². The molecule has 2 saturated heterocycles. The van der Waals surface area contributed by atoms with Crippen LogP contribution in [0.2, 0.25) is 5.02 Å². The van der Waals surface area contributed by atoms with Crippen LogP contribution in [0.15, 0.2) is 24.5 Å². The molecule has 0 spiro atoms. The summed E-state index contributed by atoms with van der Waals surface area (Å²) in [7, 11) is 0. The van der Waals surface area contributed by atoms with Gasteiger partial charge in [0.2, 0.25) is 0 Å². The molecule has 0 radical (unpaired) electrons. The minimum atomic E-state index is -4.41. The van der Waals surface area contributed by atoms with E-state index >= 15 is 0 Å². The van der Waals surface area contributed by atoms with Crippen LogP contribution >= 0.6 is 11.6 Å². The molecule has 2 fully saturated rings. The van der Waals surface area contributed by atoms with Crippen molar-refractivity contribution in [1.82, 2.24) is 35.3 Å². The quantitative estimate of drug-likeness (QED) is 0.806. The number of hydrogen-bond donors (Lipinski definition) is 1. The van der Waals surface area contributed by atoms with E-state index in [-0.39, 0.29) is 23.1 Å². The minimum Gasteiger partial charge on any atom is -0.322 e. The number of rotatable bonds is 4. The Morgan fingerprint density at radius 2 is 2.03 bits per heavy atom. The lowest BCUT2D eigenvalue weighted by Crippen LogP contribution is -2.62. The molecule has 0 saturated carbocycles. The van der Waals surface area contributed by atoms with Crippen molar-refractivity contribution in [3.63, 3.8) is 0 Å². The lowest BCUT2D eigenvalue weighted by Gasteiger charge is -2.41. The Morgan fingerprint density at radius 3 is 2.69 bits per heavy atom. The predicted octanol–water partition coefficient (Wildman–Crippen LogP) is 2.19. The second-order valence-electron chi connectivity index (χ2n) is 7.25. The summed E-state index contributed by atoms with van der Waals surface area (Å²) in [4.78, 5) is 16.1. The average Bonchev–Trinajstić information content (AvgIpc) is 3.31. The Morgan fingerprint density at radius 1 is 1.24 bits per heavy atom. The summed E-state index contributed by atoms with van der Waals surface area (Å²) in [6.07, 6.45) is -2.06. The predicted molar refractivity (Wildman–Crippen MR) is 97.1 cm³/mol. The number of tetrazole rings is 1. The number of aromatic nitrogens is 4. The van der Waals surface area contributed by atoms with Gasteiger partial charge < -0.3 is 15.1 Å². The average molecular weight is 430 g/mol. The summed E-state index contributed by atoms with van der Waals surface area (Å²) in [6.45, 7) is 2.65. The van der Waals surface area contributed by atoms with E-state index < -0.39 is 11.7 Å². The van der Waals surface area contributed by atoms with Crippen molar-refractivity contribution in [3.8, 4) is 0 Å². The number of amides is 2. The lowest BCUT2D eigenvalue weighted by molar-refractivity contribution is -0.137. The van der Waals surface area contributed by atoms with Crippen molar-refractivity contribution in [2.75, 3.05) is 26.2 Å². The largest absolute Gasteiger partial charge is 0.416 e. The normalized spacial score (nSPS) is 20.2. The van der Waals surface area contributed by atoms with Crippen LogP contribution in [0.1, 0.15) is 23.6 Å². The van der Waals surface area contributed by atoms with Crippen LogP contribution in [0, 0.1) is 0 Å². The van der Waals surface area contributed by atoms with E-state index in [1.54, 1.807) is 20.8 Å². The molecule has 1 atom stereocenters. The molecule has 2 aliphatic heterocycles. The van der Waals surface area contributed by atoms with Gasteiger partial charge in [-0.25, -0.2) is 9.48 Å². The first-order valence-corrected chi connectivity index (χ1v) is 9.54. The Hall–Kier alpha value is -2.40. The molecule has 2 amide bonds. The van der Waals surface area contributed by atoms with Crippen molar-refractivity contribution >= 4 is 17.6 Å². The molecule has 0 bridgehead atoms. The first-order valence-electron chi connectivity index (χ1n) is 9.16. The lowest BCUT2D eigenvalue weighted by atomic mass is 10.1. The smallest absolute Gasteiger partial charge is 0.322 e. The summed E-state index contributed by atoms with van der Waals surface area (Å²) in [5, 5.41) is 14.4. The first-order chi connectivity index (χ1) is 13.8. The number of benzene rings is 1. The zero-order valence-electron chi connectivity index (χ0n) is 15.3. The Balaban J connectivity index is 1.23. The molecule has 3 heterocycles. The molecule has 12 heteroatoms. The number of carbonyl (C=O) groups excluding carboxylic acids is 1. The van der Waals surface area contributed by atoms with Crippen molar-refractivity contribution in [2.45, 2.75) is 31.2 Å². The Bertz CT molecular complexity index is 870. The third kappa shape index (κ3) is 4.30. The van der Waals surface area contributed by atoms with Crippen LogP contribution in [-0.4, -0.2) is 68.3 Å². The number of alkyl halides is 3. The number of nitrogens with zero attached hydrogens (tertiary/aromatic N) is 6. The number of likely N-dealkylation sites (tertiary alicyclic amines) is 2. The Labute approximate surface area is 169 Å². The molecule has 0 aliphatic carbocycles. The highest BCUT2D eigenvalue weighted by molar-refractivity contribution is 6.31. The van der Waals surface area contributed by atoms with Gasteiger partial charge >= 0.3 is 12.2 Å². The maximum Gasteiger partial charge on any atom is 0.416 e. The fourth-order valence-corrected chi connectivity index (χ4v) is 3.80. The van der Waals surface area contributed by atoms with Crippen molar-refractivity contribution < 1.29 is 18.0 Å². The van der Waals surface area contributed by atoms with Gasteiger partial charge in [-0.15, -0.1) is 5.10 Å². The highest BCUT2D eigenvalue weighted by Crippen LogP contribution is 2.32. The summed E-state index contributed by atoms with van der Waals surface area (Å²) < 4.78 is 39.8. The second kappa shape index (κ2) is 7.79. The van der Waals surface area contributed by atoms with Crippen molar-refractivity contribution in [1.29, 1.82) is 0 Å². The maximum atomic E-state index is 12.7. The third-order valence-corrected chi connectivity index (χ3v) is 5.64. The van der Waals surface area contributed by atoms with E-state index in [4.69, 9.17) is 11.6 Å². The van der Waals surface area contributed by atoms with Gasteiger partial charge in [-0.1, -0.05) is 17.7 Å². The van der Waals surface area contributed by atoms with E-state index in [9.17, 15) is 18.0 Å². The van der Waals surface area contributed by atoms with E-state index in [0.29, 0.717) is 38.3 Å². The SMILES string of the molecule is O=C(N1CC(NCc2ccc(C(F)(F)F)cc2Cl)C1)N1CC[C@H](n2cnnn2)C1. The molecule has 1 N–H and O–H groups in total. The van der Waals surface area contributed by atoms with Gasteiger partial charge in [-0.3, -0.25) is 0 Å². The maximum absolute atomic E-state index is 12.7. The highest BCUT2D eigenvalue weighted by Gasteiger charge is 2.37. The van der Waals surface area contributed by atoms with Gasteiger partial charge in [0.1, 0.15) is 6.33 Å². The summed E-state index contributed by atoms with van der Waals surface area (Å²) in [6, 6.07) is 3.48. The zero-order chi connectivity index (χ0) is 20.6. The number of halogens is 4. The molecule has 156 valence electrons. The fraction of sp³-hybridized carbons (Fsp3) is 0.529. The topological polar surface area (TPSA) is 79.2 Å². The third-order valence-electron chi connectivity index (χ3n) is 5.29. The summed E-state index contributed by atoms with van der Waals surface area (Å²) in [5.41, 5.74) is -0.175. The first kappa shape index (κ1) is 19.9. The second-order valence-corrected chi connectivity index (χ2v) is 7.65. The van der Waals surface area contributed by atoms with Gasteiger partial charge in [0, 0.05) is 43.8 Å². The van der Waals surface area contributed by atoms with Crippen LogP contribution in [-0.2, 0) is 12.7 Å². The fourth-order valence-electron chi connectivity index (χ4n) is 3.55. The molecule has 29 heavy (non-hydrogen) atoms. The van der Waals surface area contributed by atoms with E-state index in [0.717, 1.165) is 18.6 Å². The van der Waals surface area contributed by atoms with E-state index in [2.05, 4.69) is 20.8 Å². The van der Waals surface area contributed by atoms with Gasteiger partial charge in [0.15, 0.2) is 0 Å². The molecule has 1 aromatic carbocycles. The number of hydrogen-bond acceptors (Lipinski definition) is 5. The molecule has 2 aliphatic rings. The Kier molecular flexibility index (Phi) is 5.34.